The van der Waals surface area contributed by atoms with Gasteiger partial charge in [0.15, 0.2) is 0 Å². The third-order valence-electron chi connectivity index (χ3n) is 5.13. The number of amides is 2. The quantitative estimate of drug-likeness (QED) is 0.840. The topological polar surface area (TPSA) is 62.7 Å². The summed E-state index contributed by atoms with van der Waals surface area (Å²) in [5.74, 6) is 0.649. The first kappa shape index (κ1) is 16.9. The number of likely N-dealkylation sites (tertiary alicyclic amines) is 2. The van der Waals surface area contributed by atoms with Gasteiger partial charge in [0.25, 0.3) is 5.91 Å². The van der Waals surface area contributed by atoms with Crippen LogP contribution in [-0.4, -0.2) is 66.0 Å². The molecule has 0 N–H and O–H groups in total. The SMILES string of the molecule is COCCN1C(=O)CCC[C@H]2CN(C(=O)c3ccncc3)CC[C@H]21. The maximum Gasteiger partial charge on any atom is 0.253 e. The molecule has 6 nitrogen and oxygen atoms in total. The number of piperidine rings is 1. The van der Waals surface area contributed by atoms with Gasteiger partial charge in [0.2, 0.25) is 5.91 Å². The van der Waals surface area contributed by atoms with Crippen LogP contribution in [0.3, 0.4) is 0 Å². The van der Waals surface area contributed by atoms with Crippen LogP contribution in [0.2, 0.25) is 0 Å². The van der Waals surface area contributed by atoms with Crippen LogP contribution in [0.5, 0.6) is 0 Å². The Morgan fingerprint density at radius 2 is 2.12 bits per heavy atom. The predicted molar refractivity (Wildman–Crippen MR) is 89.5 cm³/mol. The molecule has 0 bridgehead atoms. The summed E-state index contributed by atoms with van der Waals surface area (Å²) >= 11 is 0. The summed E-state index contributed by atoms with van der Waals surface area (Å²) < 4.78 is 5.17. The molecule has 0 unspecified atom stereocenters. The van der Waals surface area contributed by atoms with Crippen LogP contribution >= 0.6 is 0 Å². The minimum absolute atomic E-state index is 0.0647. The molecule has 1 aromatic heterocycles. The third-order valence-corrected chi connectivity index (χ3v) is 5.13. The number of aromatic nitrogens is 1. The molecule has 2 saturated heterocycles. The standard InChI is InChI=1S/C18H25N3O3/c1-24-12-11-21-16-7-10-20(13-15(16)3-2-4-17(21)22)18(23)14-5-8-19-9-6-14/h5-6,8-9,15-16H,2-4,7,10-13H2,1H3/t15-,16+/m0/s1. The fraction of sp³-hybridized carbons (Fsp3) is 0.611. The number of carbonyl (C=O) groups is 2. The highest BCUT2D eigenvalue weighted by atomic mass is 16.5. The van der Waals surface area contributed by atoms with Crippen molar-refractivity contribution in [3.05, 3.63) is 30.1 Å². The zero-order valence-corrected chi connectivity index (χ0v) is 14.2. The molecule has 2 fully saturated rings. The van der Waals surface area contributed by atoms with Crippen molar-refractivity contribution in [1.82, 2.24) is 14.8 Å². The summed E-state index contributed by atoms with van der Waals surface area (Å²) in [6.45, 7) is 2.63. The third kappa shape index (κ3) is 3.59. The van der Waals surface area contributed by atoms with Crippen LogP contribution < -0.4 is 0 Å². The minimum Gasteiger partial charge on any atom is -0.383 e. The summed E-state index contributed by atoms with van der Waals surface area (Å²) in [6.07, 6.45) is 6.65. The van der Waals surface area contributed by atoms with E-state index < -0.39 is 0 Å². The molecule has 1 aromatic rings. The maximum absolute atomic E-state index is 12.7. The number of rotatable bonds is 4. The number of hydrogen-bond acceptors (Lipinski definition) is 4. The van der Waals surface area contributed by atoms with Gasteiger partial charge in [-0.15, -0.1) is 0 Å². The first-order chi connectivity index (χ1) is 11.7. The molecule has 0 aliphatic carbocycles. The van der Waals surface area contributed by atoms with Crippen LogP contribution in [0.25, 0.3) is 0 Å². The van der Waals surface area contributed by atoms with Gasteiger partial charge in [-0.05, 0) is 37.3 Å². The number of nitrogens with zero attached hydrogens (tertiary/aromatic N) is 3. The second-order valence-corrected chi connectivity index (χ2v) is 6.58. The van der Waals surface area contributed by atoms with Crippen molar-refractivity contribution in [2.75, 3.05) is 33.4 Å². The van der Waals surface area contributed by atoms with Gasteiger partial charge in [-0.3, -0.25) is 14.6 Å². The zero-order valence-electron chi connectivity index (χ0n) is 14.2. The predicted octanol–water partition coefficient (Wildman–Crippen LogP) is 1.57. The van der Waals surface area contributed by atoms with Gasteiger partial charge in [0, 0.05) is 57.2 Å². The Bertz CT molecular complexity index is 578. The van der Waals surface area contributed by atoms with Crippen molar-refractivity contribution < 1.29 is 14.3 Å². The minimum atomic E-state index is 0.0647. The fourth-order valence-electron chi connectivity index (χ4n) is 3.90. The van der Waals surface area contributed by atoms with Crippen molar-refractivity contribution in [3.63, 3.8) is 0 Å². The van der Waals surface area contributed by atoms with Crippen molar-refractivity contribution in [2.24, 2.45) is 5.92 Å². The molecule has 2 atom stereocenters. The van der Waals surface area contributed by atoms with Crippen molar-refractivity contribution in [1.29, 1.82) is 0 Å². The van der Waals surface area contributed by atoms with Gasteiger partial charge in [0.05, 0.1) is 6.61 Å². The molecule has 0 aromatic carbocycles. The number of hydrogen-bond donors (Lipinski definition) is 0. The lowest BCUT2D eigenvalue weighted by molar-refractivity contribution is -0.135. The molecule has 130 valence electrons. The summed E-state index contributed by atoms with van der Waals surface area (Å²) in [5.41, 5.74) is 0.685. The summed E-state index contributed by atoms with van der Waals surface area (Å²) in [6, 6.07) is 3.75. The second-order valence-electron chi connectivity index (χ2n) is 6.58. The molecule has 0 spiro atoms. The van der Waals surface area contributed by atoms with E-state index in [9.17, 15) is 9.59 Å². The molecule has 3 rings (SSSR count). The van der Waals surface area contributed by atoms with Crippen molar-refractivity contribution in [2.45, 2.75) is 31.7 Å². The van der Waals surface area contributed by atoms with E-state index in [2.05, 4.69) is 4.98 Å². The largest absolute Gasteiger partial charge is 0.383 e. The van der Waals surface area contributed by atoms with Gasteiger partial charge in [0.1, 0.15) is 0 Å². The molecule has 3 heterocycles. The highest BCUT2D eigenvalue weighted by Crippen LogP contribution is 2.31. The Kier molecular flexibility index (Phi) is 5.45. The van der Waals surface area contributed by atoms with Gasteiger partial charge in [-0.1, -0.05) is 0 Å². The lowest BCUT2D eigenvalue weighted by Gasteiger charge is -2.42. The van der Waals surface area contributed by atoms with Crippen LogP contribution in [0, 0.1) is 5.92 Å². The van der Waals surface area contributed by atoms with E-state index in [1.165, 1.54) is 0 Å². The van der Waals surface area contributed by atoms with E-state index >= 15 is 0 Å². The Balaban J connectivity index is 1.70. The normalized spacial score (nSPS) is 24.5. The molecular weight excluding hydrogens is 306 g/mol. The Hall–Kier alpha value is -1.95. The molecule has 2 amide bonds. The fourth-order valence-corrected chi connectivity index (χ4v) is 3.90. The second kappa shape index (κ2) is 7.75. The van der Waals surface area contributed by atoms with Crippen LogP contribution in [-0.2, 0) is 9.53 Å². The van der Waals surface area contributed by atoms with Gasteiger partial charge in [-0.25, -0.2) is 0 Å². The van der Waals surface area contributed by atoms with E-state index in [0.717, 1.165) is 25.8 Å². The Morgan fingerprint density at radius 3 is 2.88 bits per heavy atom. The molecule has 0 saturated carbocycles. The van der Waals surface area contributed by atoms with E-state index in [1.807, 2.05) is 9.80 Å². The van der Waals surface area contributed by atoms with Gasteiger partial charge in [-0.2, -0.15) is 0 Å². The average molecular weight is 331 g/mol. The monoisotopic (exact) mass is 331 g/mol. The van der Waals surface area contributed by atoms with Gasteiger partial charge < -0.3 is 14.5 Å². The highest BCUT2D eigenvalue weighted by Gasteiger charge is 2.38. The zero-order chi connectivity index (χ0) is 16.9. The average Bonchev–Trinajstić information content (AvgIpc) is 2.78. The number of carbonyl (C=O) groups excluding carboxylic acids is 2. The van der Waals surface area contributed by atoms with Crippen molar-refractivity contribution in [3.8, 4) is 0 Å². The van der Waals surface area contributed by atoms with Crippen LogP contribution in [0.1, 0.15) is 36.0 Å². The Morgan fingerprint density at radius 1 is 1.33 bits per heavy atom. The van der Waals surface area contributed by atoms with Crippen molar-refractivity contribution >= 4 is 11.8 Å². The Labute approximate surface area is 142 Å². The first-order valence-corrected chi connectivity index (χ1v) is 8.68. The first-order valence-electron chi connectivity index (χ1n) is 8.68. The van der Waals surface area contributed by atoms with Crippen LogP contribution in [0.4, 0.5) is 0 Å². The molecular formula is C18H25N3O3. The highest BCUT2D eigenvalue weighted by molar-refractivity contribution is 5.94. The van der Waals surface area contributed by atoms with E-state index in [1.54, 1.807) is 31.6 Å². The molecule has 0 radical (unpaired) electrons. The van der Waals surface area contributed by atoms with Crippen LogP contribution in [0.15, 0.2) is 24.5 Å². The van der Waals surface area contributed by atoms with E-state index in [-0.39, 0.29) is 17.9 Å². The molecule has 6 heteroatoms. The summed E-state index contributed by atoms with van der Waals surface area (Å²) in [5, 5.41) is 0. The smallest absolute Gasteiger partial charge is 0.253 e. The van der Waals surface area contributed by atoms with E-state index in [0.29, 0.717) is 37.6 Å². The number of pyridine rings is 1. The summed E-state index contributed by atoms with van der Waals surface area (Å²) in [7, 11) is 1.66. The number of methoxy groups -OCH3 is 1. The maximum atomic E-state index is 12.7. The van der Waals surface area contributed by atoms with Gasteiger partial charge >= 0.3 is 0 Å². The van der Waals surface area contributed by atoms with E-state index in [4.69, 9.17) is 4.74 Å². The molecule has 2 aliphatic heterocycles. The summed E-state index contributed by atoms with van der Waals surface area (Å²) in [4.78, 5) is 33.0. The number of ether oxygens (including phenoxy) is 1. The molecule has 24 heavy (non-hydrogen) atoms. The molecule has 2 aliphatic rings. The lowest BCUT2D eigenvalue weighted by atomic mass is 9.88. The lowest BCUT2D eigenvalue weighted by Crippen LogP contribution is -2.53. The number of fused-ring (bicyclic) bond motifs is 1.